The number of hydrogen-bond acceptors (Lipinski definition) is 4. The number of aromatic nitrogens is 5. The highest BCUT2D eigenvalue weighted by molar-refractivity contribution is 8.93. The topological polar surface area (TPSA) is 58.9 Å². The molecule has 0 aliphatic carbocycles. The first-order valence-electron chi connectivity index (χ1n) is 6.25. The number of benzene rings is 1. The second kappa shape index (κ2) is 5.87. The van der Waals surface area contributed by atoms with Gasteiger partial charge < -0.3 is 4.98 Å². The number of imidazole rings is 2. The minimum Gasteiger partial charge on any atom is -0.333 e. The van der Waals surface area contributed by atoms with E-state index in [0.717, 1.165) is 33.4 Å². The van der Waals surface area contributed by atoms with Crippen LogP contribution < -0.4 is 0 Å². The number of rotatable bonds is 3. The zero-order chi connectivity index (χ0) is 13.4. The lowest BCUT2D eigenvalue weighted by Gasteiger charge is -1.92. The molecule has 0 fully saturated rings. The Morgan fingerprint density at radius 1 is 1.14 bits per heavy atom. The minimum absolute atomic E-state index is 0. The summed E-state index contributed by atoms with van der Waals surface area (Å²) in [5.41, 5.74) is 3.05. The summed E-state index contributed by atoms with van der Waals surface area (Å²) in [6, 6.07) is 9.92. The van der Waals surface area contributed by atoms with Gasteiger partial charge in [-0.05, 0) is 18.2 Å². The molecule has 0 radical (unpaired) electrons. The number of halogens is 1. The van der Waals surface area contributed by atoms with Gasteiger partial charge in [-0.3, -0.25) is 4.40 Å². The molecule has 5 nitrogen and oxygen atoms in total. The molecule has 21 heavy (non-hydrogen) atoms. The van der Waals surface area contributed by atoms with Crippen LogP contribution in [0.15, 0.2) is 54.1 Å². The number of nitrogens with one attached hydrogen (secondary N) is 1. The van der Waals surface area contributed by atoms with Crippen molar-refractivity contribution < 1.29 is 0 Å². The summed E-state index contributed by atoms with van der Waals surface area (Å²) < 4.78 is 1.93. The smallest absolute Gasteiger partial charge is 0.233 e. The van der Waals surface area contributed by atoms with Gasteiger partial charge in [0, 0.05) is 24.3 Å². The monoisotopic (exact) mass is 361 g/mol. The number of H-pyrrole nitrogens is 1. The molecule has 3 aromatic heterocycles. The molecular formula is C14H12BrN5S. The van der Waals surface area contributed by atoms with E-state index in [9.17, 15) is 0 Å². The highest BCUT2D eigenvalue weighted by Crippen LogP contribution is 2.22. The van der Waals surface area contributed by atoms with Gasteiger partial charge in [0.1, 0.15) is 0 Å². The van der Waals surface area contributed by atoms with E-state index in [0.29, 0.717) is 0 Å². The van der Waals surface area contributed by atoms with Crippen molar-refractivity contribution in [3.63, 3.8) is 0 Å². The highest BCUT2D eigenvalue weighted by atomic mass is 79.9. The average molecular weight is 362 g/mol. The van der Waals surface area contributed by atoms with Gasteiger partial charge in [-0.1, -0.05) is 23.9 Å². The van der Waals surface area contributed by atoms with Crippen LogP contribution in [0, 0.1) is 0 Å². The van der Waals surface area contributed by atoms with Crippen LogP contribution in [0.3, 0.4) is 0 Å². The van der Waals surface area contributed by atoms with E-state index in [1.54, 1.807) is 18.0 Å². The van der Waals surface area contributed by atoms with Crippen molar-refractivity contribution in [3.8, 4) is 0 Å². The summed E-state index contributed by atoms with van der Waals surface area (Å²) >= 11 is 1.64. The molecule has 4 aromatic rings. The van der Waals surface area contributed by atoms with Crippen LogP contribution in [0.5, 0.6) is 0 Å². The largest absolute Gasteiger partial charge is 0.333 e. The maximum absolute atomic E-state index is 4.54. The quantitative estimate of drug-likeness (QED) is 0.567. The normalized spacial score (nSPS) is 10.9. The van der Waals surface area contributed by atoms with Crippen LogP contribution in [0.4, 0.5) is 0 Å². The van der Waals surface area contributed by atoms with Crippen molar-refractivity contribution in [1.29, 1.82) is 0 Å². The summed E-state index contributed by atoms with van der Waals surface area (Å²) in [5, 5.41) is 0.913. The van der Waals surface area contributed by atoms with Crippen molar-refractivity contribution in [1.82, 2.24) is 24.3 Å². The van der Waals surface area contributed by atoms with Crippen molar-refractivity contribution in [2.45, 2.75) is 10.9 Å². The minimum atomic E-state index is 0. The third-order valence-electron chi connectivity index (χ3n) is 3.01. The van der Waals surface area contributed by atoms with Gasteiger partial charge in [0.25, 0.3) is 0 Å². The molecule has 0 atom stereocenters. The molecule has 3 heterocycles. The molecule has 1 aromatic carbocycles. The maximum Gasteiger partial charge on any atom is 0.233 e. The molecule has 4 rings (SSSR count). The molecule has 0 amide bonds. The fraction of sp³-hybridized carbons (Fsp3) is 0.0714. The first-order valence-corrected chi connectivity index (χ1v) is 7.23. The summed E-state index contributed by atoms with van der Waals surface area (Å²) in [6.07, 6.45) is 5.70. The fourth-order valence-corrected chi connectivity index (χ4v) is 2.86. The molecule has 0 aliphatic rings. The van der Waals surface area contributed by atoms with Gasteiger partial charge in [-0.25, -0.2) is 15.0 Å². The molecule has 0 spiro atoms. The van der Waals surface area contributed by atoms with E-state index < -0.39 is 0 Å². The highest BCUT2D eigenvalue weighted by Gasteiger charge is 2.06. The summed E-state index contributed by atoms with van der Waals surface area (Å²) in [4.78, 5) is 16.5. The molecular weight excluding hydrogens is 350 g/mol. The number of hydrogen-bond donors (Lipinski definition) is 1. The van der Waals surface area contributed by atoms with Gasteiger partial charge in [0.15, 0.2) is 5.16 Å². The van der Waals surface area contributed by atoms with Crippen molar-refractivity contribution in [2.75, 3.05) is 0 Å². The first-order chi connectivity index (χ1) is 9.88. The van der Waals surface area contributed by atoms with Crippen LogP contribution in [-0.2, 0) is 5.75 Å². The predicted molar refractivity (Wildman–Crippen MR) is 89.0 cm³/mol. The molecule has 0 unspecified atom stereocenters. The molecule has 1 N–H and O–H groups in total. The van der Waals surface area contributed by atoms with Gasteiger partial charge in [-0.2, -0.15) is 0 Å². The van der Waals surface area contributed by atoms with Crippen LogP contribution in [0.1, 0.15) is 5.69 Å². The Balaban J connectivity index is 0.00000132. The van der Waals surface area contributed by atoms with E-state index in [1.165, 1.54) is 0 Å². The molecule has 0 aliphatic heterocycles. The summed E-state index contributed by atoms with van der Waals surface area (Å²) in [7, 11) is 0. The number of para-hydroxylation sites is 2. The lowest BCUT2D eigenvalue weighted by molar-refractivity contribution is 1.07. The number of aromatic amines is 1. The van der Waals surface area contributed by atoms with E-state index in [2.05, 4.69) is 19.9 Å². The van der Waals surface area contributed by atoms with Crippen molar-refractivity contribution >= 4 is 45.6 Å². The van der Waals surface area contributed by atoms with E-state index in [1.807, 2.05) is 47.1 Å². The Morgan fingerprint density at radius 3 is 2.90 bits per heavy atom. The van der Waals surface area contributed by atoms with Crippen LogP contribution in [-0.4, -0.2) is 24.3 Å². The molecule has 106 valence electrons. The molecule has 0 saturated heterocycles. The Kier molecular flexibility index (Phi) is 3.94. The predicted octanol–water partition coefficient (Wildman–Crippen LogP) is 3.48. The Labute approximate surface area is 135 Å². The Bertz CT molecular complexity index is 745. The first kappa shape index (κ1) is 14.1. The third-order valence-corrected chi connectivity index (χ3v) is 3.92. The second-order valence-electron chi connectivity index (χ2n) is 4.41. The second-order valence-corrected chi connectivity index (χ2v) is 5.37. The van der Waals surface area contributed by atoms with E-state index in [-0.39, 0.29) is 17.0 Å². The zero-order valence-corrected chi connectivity index (χ0v) is 13.5. The van der Waals surface area contributed by atoms with Gasteiger partial charge in [0.2, 0.25) is 5.78 Å². The molecule has 0 saturated carbocycles. The van der Waals surface area contributed by atoms with Crippen molar-refractivity contribution in [3.05, 3.63) is 54.6 Å². The molecule has 7 heteroatoms. The van der Waals surface area contributed by atoms with E-state index >= 15 is 0 Å². The van der Waals surface area contributed by atoms with Crippen LogP contribution in [0.2, 0.25) is 0 Å². The van der Waals surface area contributed by atoms with E-state index in [4.69, 9.17) is 0 Å². The Hall–Kier alpha value is -1.86. The van der Waals surface area contributed by atoms with Crippen LogP contribution >= 0.6 is 28.7 Å². The number of fused-ring (bicyclic) bond motifs is 2. The lowest BCUT2D eigenvalue weighted by Crippen LogP contribution is -1.83. The summed E-state index contributed by atoms with van der Waals surface area (Å²) in [6.45, 7) is 0. The summed E-state index contributed by atoms with van der Waals surface area (Å²) in [5.74, 6) is 1.50. The van der Waals surface area contributed by atoms with Gasteiger partial charge in [-0.15, -0.1) is 17.0 Å². The number of thioether (sulfide) groups is 1. The van der Waals surface area contributed by atoms with Crippen LogP contribution in [0.25, 0.3) is 16.8 Å². The third kappa shape index (κ3) is 2.79. The van der Waals surface area contributed by atoms with Gasteiger partial charge in [0.05, 0.1) is 16.7 Å². The van der Waals surface area contributed by atoms with Gasteiger partial charge >= 0.3 is 0 Å². The average Bonchev–Trinajstić information content (AvgIpc) is 3.07. The standard InChI is InChI=1S/C14H11N5S.BrH/c1-2-5-12-11(4-1)17-14(18-12)20-9-10-8-19-7-3-6-15-13(19)16-10;/h1-8H,9H2,(H,17,18);1H. The Morgan fingerprint density at radius 2 is 2.05 bits per heavy atom. The lowest BCUT2D eigenvalue weighted by atomic mass is 10.3. The maximum atomic E-state index is 4.54. The SMILES string of the molecule is Br.c1ccc2[nH]c(SCc3cn4cccnc4n3)nc2c1. The molecule has 0 bridgehead atoms. The number of nitrogens with zero attached hydrogens (tertiary/aromatic N) is 4. The zero-order valence-electron chi connectivity index (χ0n) is 10.9. The van der Waals surface area contributed by atoms with Crippen molar-refractivity contribution in [2.24, 2.45) is 0 Å². The fourth-order valence-electron chi connectivity index (χ4n) is 2.09.